The molecule has 3 aromatic carbocycles. The Bertz CT molecular complexity index is 1500. The number of rotatable bonds is 5. The smallest absolute Gasteiger partial charge is 0.297 e. The number of ether oxygens (including phenoxy) is 1. The topological polar surface area (TPSA) is 107 Å². The fraction of sp³-hybridized carbons (Fsp3) is 0.233. The third-order valence-corrected chi connectivity index (χ3v) is 8.53. The van der Waals surface area contributed by atoms with Crippen molar-refractivity contribution < 1.29 is 24.0 Å². The number of fused-ring (bicyclic) bond motifs is 5. The summed E-state index contributed by atoms with van der Waals surface area (Å²) in [5, 5.41) is 11.9. The molecule has 8 nitrogen and oxygen atoms in total. The van der Waals surface area contributed by atoms with Gasteiger partial charge >= 0.3 is 0 Å². The molecule has 1 saturated heterocycles. The molecule has 0 spiro atoms. The lowest BCUT2D eigenvalue weighted by Gasteiger charge is -2.35. The summed E-state index contributed by atoms with van der Waals surface area (Å²) in [5.74, 6) is -3.13. The summed E-state index contributed by atoms with van der Waals surface area (Å²) in [7, 11) is 1.38. The van der Waals surface area contributed by atoms with E-state index in [1.807, 2.05) is 60.7 Å². The lowest BCUT2D eigenvalue weighted by Crippen LogP contribution is -2.40. The zero-order valence-electron chi connectivity index (χ0n) is 21.0. The molecular formula is C30H24N2O6. The minimum atomic E-state index is -1.30. The molecule has 1 saturated carbocycles. The molecule has 2 aliphatic carbocycles. The lowest BCUT2D eigenvalue weighted by atomic mass is 9.63. The summed E-state index contributed by atoms with van der Waals surface area (Å²) in [6.07, 6.45) is 0. The summed E-state index contributed by atoms with van der Waals surface area (Å²) < 4.78 is 5.12. The van der Waals surface area contributed by atoms with Crippen molar-refractivity contribution in [1.29, 1.82) is 0 Å². The largest absolute Gasteiger partial charge is 0.496 e. The third kappa shape index (κ3) is 2.77. The van der Waals surface area contributed by atoms with Gasteiger partial charge in [0.05, 0.1) is 40.8 Å². The molecule has 0 unspecified atom stereocenters. The van der Waals surface area contributed by atoms with Gasteiger partial charge in [-0.3, -0.25) is 24.5 Å². The van der Waals surface area contributed by atoms with Gasteiger partial charge in [-0.15, -0.1) is 0 Å². The van der Waals surface area contributed by atoms with Crippen LogP contribution >= 0.6 is 0 Å². The van der Waals surface area contributed by atoms with Crippen LogP contribution in [0.15, 0.2) is 78.9 Å². The van der Waals surface area contributed by atoms with E-state index >= 15 is 0 Å². The highest BCUT2D eigenvalue weighted by Crippen LogP contribution is 2.73. The zero-order valence-corrected chi connectivity index (χ0v) is 21.0. The second kappa shape index (κ2) is 7.95. The first-order chi connectivity index (χ1) is 18.2. The predicted octanol–water partition coefficient (Wildman–Crippen LogP) is 4.93. The van der Waals surface area contributed by atoms with Gasteiger partial charge in [0.2, 0.25) is 11.8 Å². The molecule has 2 amide bonds. The summed E-state index contributed by atoms with van der Waals surface area (Å²) in [6, 6.07) is 22.9. The van der Waals surface area contributed by atoms with Crippen molar-refractivity contribution in [2.75, 3.05) is 12.0 Å². The number of Topliss-reactive ketones (excluding diaryl/α,β-unsaturated/α-hetero) is 1. The summed E-state index contributed by atoms with van der Waals surface area (Å²) in [6.45, 7) is 3.49. The molecular weight excluding hydrogens is 484 g/mol. The van der Waals surface area contributed by atoms with Gasteiger partial charge < -0.3 is 4.74 Å². The Morgan fingerprint density at radius 2 is 1.26 bits per heavy atom. The molecule has 38 heavy (non-hydrogen) atoms. The molecule has 0 aromatic heterocycles. The zero-order chi connectivity index (χ0) is 27.0. The summed E-state index contributed by atoms with van der Waals surface area (Å²) in [4.78, 5) is 54.7. The van der Waals surface area contributed by atoms with Gasteiger partial charge in [-0.1, -0.05) is 60.7 Å². The first kappa shape index (κ1) is 23.8. The van der Waals surface area contributed by atoms with Crippen LogP contribution in [-0.4, -0.2) is 29.6 Å². The van der Waals surface area contributed by atoms with Crippen LogP contribution in [0.25, 0.3) is 11.1 Å². The van der Waals surface area contributed by atoms with Crippen LogP contribution in [0.2, 0.25) is 0 Å². The Labute approximate surface area is 218 Å². The fourth-order valence-electron chi connectivity index (χ4n) is 7.01. The van der Waals surface area contributed by atoms with E-state index in [0.29, 0.717) is 0 Å². The standard InChI is InChI=1S/C30H24N2O6/c1-29-22(17-10-6-4-7-11-17)23(18-12-8-5-9-13-18)30(2,28(29)35)25-24(29)26(33)31(27(25)34)20-15-14-19(38-3)16-21(20)32(36)37/h4-16,24-25H,1-3H3/t24-,25-,29+,30+/m1/s1. The lowest BCUT2D eigenvalue weighted by molar-refractivity contribution is -0.384. The number of carbonyl (C=O) groups excluding carboxylic acids is 3. The Hall–Kier alpha value is -4.59. The maximum Gasteiger partial charge on any atom is 0.297 e. The third-order valence-electron chi connectivity index (χ3n) is 8.53. The predicted molar refractivity (Wildman–Crippen MR) is 140 cm³/mol. The fourth-order valence-corrected chi connectivity index (χ4v) is 7.01. The Morgan fingerprint density at radius 3 is 1.68 bits per heavy atom. The number of hydrogen-bond donors (Lipinski definition) is 0. The van der Waals surface area contributed by atoms with Crippen LogP contribution in [0.1, 0.15) is 25.0 Å². The molecule has 1 aliphatic heterocycles. The molecule has 1 heterocycles. The van der Waals surface area contributed by atoms with Crippen LogP contribution in [0.4, 0.5) is 11.4 Å². The molecule has 4 atom stereocenters. The van der Waals surface area contributed by atoms with Gasteiger partial charge in [0.25, 0.3) is 5.69 Å². The van der Waals surface area contributed by atoms with E-state index in [1.54, 1.807) is 13.8 Å². The quantitative estimate of drug-likeness (QED) is 0.275. The number of carbonyl (C=O) groups is 3. The van der Waals surface area contributed by atoms with Crippen molar-refractivity contribution in [3.05, 3.63) is 100 Å². The van der Waals surface area contributed by atoms with Crippen molar-refractivity contribution in [3.8, 4) is 5.75 Å². The number of methoxy groups -OCH3 is 1. The SMILES string of the molecule is COc1ccc(N2C(=O)[C@H]3[C@H](C2=O)[C@@]2(C)C(=O)[C@@]3(C)C(c3ccccc3)=C2c2ccccc2)c([N+](=O)[O-])c1. The first-order valence-electron chi connectivity index (χ1n) is 12.3. The molecule has 0 N–H and O–H groups in total. The van der Waals surface area contributed by atoms with E-state index in [2.05, 4.69) is 0 Å². The molecule has 6 rings (SSSR count). The van der Waals surface area contributed by atoms with Crippen molar-refractivity contribution in [3.63, 3.8) is 0 Å². The van der Waals surface area contributed by atoms with Crippen molar-refractivity contribution >= 4 is 40.1 Å². The average molecular weight is 509 g/mol. The first-order valence-corrected chi connectivity index (χ1v) is 12.3. The number of amides is 2. The van der Waals surface area contributed by atoms with Crippen LogP contribution in [0, 0.1) is 32.8 Å². The second-order valence-electron chi connectivity index (χ2n) is 10.3. The van der Waals surface area contributed by atoms with Gasteiger partial charge in [0.1, 0.15) is 11.4 Å². The Kier molecular flexibility index (Phi) is 4.98. The molecule has 8 heteroatoms. The van der Waals surface area contributed by atoms with E-state index in [-0.39, 0.29) is 17.2 Å². The molecule has 2 fully saturated rings. The van der Waals surface area contributed by atoms with Crippen LogP contribution < -0.4 is 9.64 Å². The molecule has 190 valence electrons. The van der Waals surface area contributed by atoms with E-state index < -0.39 is 45.1 Å². The van der Waals surface area contributed by atoms with E-state index in [9.17, 15) is 24.5 Å². The normalized spacial score (nSPS) is 27.8. The van der Waals surface area contributed by atoms with Gasteiger partial charge in [-0.25, -0.2) is 4.90 Å². The van der Waals surface area contributed by atoms with Crippen molar-refractivity contribution in [2.45, 2.75) is 13.8 Å². The minimum Gasteiger partial charge on any atom is -0.496 e. The van der Waals surface area contributed by atoms with Crippen LogP contribution in [-0.2, 0) is 14.4 Å². The minimum absolute atomic E-state index is 0.123. The number of nitrogens with zero attached hydrogens (tertiary/aromatic N) is 2. The highest BCUT2D eigenvalue weighted by molar-refractivity contribution is 6.34. The average Bonchev–Trinajstić information content (AvgIpc) is 3.38. The van der Waals surface area contributed by atoms with Crippen LogP contribution in [0.3, 0.4) is 0 Å². The highest BCUT2D eigenvalue weighted by Gasteiger charge is 2.79. The number of hydrogen-bond acceptors (Lipinski definition) is 6. The molecule has 2 bridgehead atoms. The Balaban J connectivity index is 1.60. The summed E-state index contributed by atoms with van der Waals surface area (Å²) in [5.41, 5.74) is -0.0718. The Morgan fingerprint density at radius 1 is 0.789 bits per heavy atom. The number of anilines is 1. The molecule has 0 radical (unpaired) electrons. The number of ketones is 1. The maximum atomic E-state index is 14.3. The number of nitro benzene ring substituents is 1. The number of imide groups is 1. The van der Waals surface area contributed by atoms with E-state index in [0.717, 1.165) is 27.2 Å². The maximum absolute atomic E-state index is 14.3. The molecule has 3 aliphatic rings. The molecule has 3 aromatic rings. The summed E-state index contributed by atoms with van der Waals surface area (Å²) >= 11 is 0. The van der Waals surface area contributed by atoms with Crippen molar-refractivity contribution in [2.24, 2.45) is 22.7 Å². The van der Waals surface area contributed by atoms with E-state index in [4.69, 9.17) is 4.74 Å². The number of nitro groups is 1. The second-order valence-corrected chi connectivity index (χ2v) is 10.3. The number of allylic oxidation sites excluding steroid dienone is 2. The van der Waals surface area contributed by atoms with Crippen LogP contribution in [0.5, 0.6) is 5.75 Å². The van der Waals surface area contributed by atoms with E-state index in [1.165, 1.54) is 25.3 Å². The van der Waals surface area contributed by atoms with Gasteiger partial charge in [-0.05, 0) is 48.3 Å². The monoisotopic (exact) mass is 508 g/mol. The van der Waals surface area contributed by atoms with Crippen molar-refractivity contribution in [1.82, 2.24) is 0 Å². The van der Waals surface area contributed by atoms with Gasteiger partial charge in [0.15, 0.2) is 5.78 Å². The number of benzene rings is 3. The van der Waals surface area contributed by atoms with Gasteiger partial charge in [-0.2, -0.15) is 0 Å². The van der Waals surface area contributed by atoms with Gasteiger partial charge in [0, 0.05) is 0 Å². The highest BCUT2D eigenvalue weighted by atomic mass is 16.6.